The van der Waals surface area contributed by atoms with Crippen LogP contribution in [0.1, 0.15) is 19.7 Å². The molecule has 0 radical (unpaired) electrons. The number of likely N-dealkylation sites (N-methyl/N-ethyl adjacent to an activating group) is 2. The summed E-state index contributed by atoms with van der Waals surface area (Å²) in [7, 11) is 0. The summed E-state index contributed by atoms with van der Waals surface area (Å²) in [6.45, 7) is 6.33. The number of aromatic nitrogens is 2. The number of amides is 1. The Labute approximate surface area is 138 Å². The van der Waals surface area contributed by atoms with E-state index in [1.165, 1.54) is 0 Å². The summed E-state index contributed by atoms with van der Waals surface area (Å²) in [6.07, 6.45) is 0. The number of nitrogens with zero attached hydrogens (tertiary/aromatic N) is 2. The molecule has 7 heteroatoms. The maximum atomic E-state index is 11.7. The summed E-state index contributed by atoms with van der Waals surface area (Å²) in [5, 5.41) is 6.81. The topological polar surface area (TPSA) is 72.5 Å². The number of nitrogens with one attached hydrogen (secondary N) is 2. The Morgan fingerprint density at radius 1 is 1.41 bits per heavy atom. The largest absolute Gasteiger partial charge is 0.351 e. The molecule has 1 unspecified atom stereocenters. The average molecular weight is 368 g/mol. The molecule has 118 valence electrons. The highest BCUT2D eigenvalue weighted by Crippen LogP contribution is 2.20. The summed E-state index contributed by atoms with van der Waals surface area (Å²) in [5.41, 5.74) is 0.895. The third kappa shape index (κ3) is 4.64. The fraction of sp³-hybridized carbons (Fsp3) is 0.400. The van der Waals surface area contributed by atoms with Gasteiger partial charge in [-0.05, 0) is 26.0 Å². The van der Waals surface area contributed by atoms with Crippen molar-refractivity contribution in [1.29, 1.82) is 0 Å². The van der Waals surface area contributed by atoms with E-state index in [0.29, 0.717) is 31.3 Å². The highest BCUT2D eigenvalue weighted by atomic mass is 79.9. The molecule has 0 aliphatic heterocycles. The van der Waals surface area contributed by atoms with Crippen molar-refractivity contribution in [3.8, 4) is 11.4 Å². The second-order valence-corrected chi connectivity index (χ2v) is 5.85. The maximum absolute atomic E-state index is 11.7. The van der Waals surface area contributed by atoms with Crippen molar-refractivity contribution in [2.75, 3.05) is 19.6 Å². The first-order valence-electron chi connectivity index (χ1n) is 7.31. The van der Waals surface area contributed by atoms with Crippen LogP contribution in [0.3, 0.4) is 0 Å². The molecular weight excluding hydrogens is 348 g/mol. The van der Waals surface area contributed by atoms with Crippen molar-refractivity contribution in [2.45, 2.75) is 20.4 Å². The van der Waals surface area contributed by atoms with E-state index in [-0.39, 0.29) is 5.91 Å². The fourth-order valence-electron chi connectivity index (χ4n) is 2.08. The van der Waals surface area contributed by atoms with Gasteiger partial charge in [0.1, 0.15) is 0 Å². The molecule has 1 heterocycles. The molecule has 0 aliphatic carbocycles. The van der Waals surface area contributed by atoms with Crippen molar-refractivity contribution in [3.63, 3.8) is 0 Å². The molecule has 6 nitrogen and oxygen atoms in total. The summed E-state index contributed by atoms with van der Waals surface area (Å²) in [6, 6.07) is 7.74. The minimum absolute atomic E-state index is 0.0334. The lowest BCUT2D eigenvalue weighted by Crippen LogP contribution is -3.11. The van der Waals surface area contributed by atoms with Crippen molar-refractivity contribution in [1.82, 2.24) is 15.5 Å². The first-order chi connectivity index (χ1) is 10.6. The number of benzene rings is 1. The van der Waals surface area contributed by atoms with Gasteiger partial charge in [0.25, 0.3) is 11.8 Å². The molecule has 2 rings (SSSR count). The van der Waals surface area contributed by atoms with Gasteiger partial charge in [0.05, 0.1) is 6.54 Å². The Bertz CT molecular complexity index is 630. The lowest BCUT2D eigenvalue weighted by Gasteiger charge is -2.14. The lowest BCUT2D eigenvalue weighted by atomic mass is 10.2. The second kappa shape index (κ2) is 8.05. The molecular formula is C15H20BrN4O2+. The summed E-state index contributed by atoms with van der Waals surface area (Å²) in [5.74, 6) is 1.13. The molecule has 22 heavy (non-hydrogen) atoms. The summed E-state index contributed by atoms with van der Waals surface area (Å²) < 4.78 is 6.27. The highest BCUT2D eigenvalue weighted by Gasteiger charge is 2.17. The van der Waals surface area contributed by atoms with Crippen LogP contribution in [0.25, 0.3) is 11.4 Å². The van der Waals surface area contributed by atoms with E-state index in [1.54, 1.807) is 0 Å². The molecule has 0 bridgehead atoms. The van der Waals surface area contributed by atoms with Crippen LogP contribution in [0.5, 0.6) is 0 Å². The zero-order chi connectivity index (χ0) is 15.9. The van der Waals surface area contributed by atoms with E-state index in [2.05, 4.69) is 31.4 Å². The summed E-state index contributed by atoms with van der Waals surface area (Å²) in [4.78, 5) is 17.2. The van der Waals surface area contributed by atoms with Crippen molar-refractivity contribution in [2.24, 2.45) is 0 Å². The van der Waals surface area contributed by atoms with Crippen molar-refractivity contribution >= 4 is 21.8 Å². The number of carbonyl (C=O) groups is 1. The molecule has 0 spiro atoms. The number of halogens is 1. The van der Waals surface area contributed by atoms with Crippen LogP contribution in [0.4, 0.5) is 0 Å². The first-order valence-corrected chi connectivity index (χ1v) is 8.10. The molecule has 1 aromatic heterocycles. The molecule has 0 fully saturated rings. The van der Waals surface area contributed by atoms with Gasteiger partial charge in [0.15, 0.2) is 13.1 Å². The van der Waals surface area contributed by atoms with Crippen LogP contribution in [-0.2, 0) is 11.3 Å². The van der Waals surface area contributed by atoms with Gasteiger partial charge < -0.3 is 14.7 Å². The van der Waals surface area contributed by atoms with Gasteiger partial charge in [-0.3, -0.25) is 4.79 Å². The van der Waals surface area contributed by atoms with Crippen LogP contribution < -0.4 is 10.2 Å². The fourth-order valence-corrected chi connectivity index (χ4v) is 2.48. The van der Waals surface area contributed by atoms with E-state index in [9.17, 15) is 4.79 Å². The molecule has 0 saturated carbocycles. The standard InChI is InChI=1S/C15H19BrN4O2/c1-3-17-13(21)9-20(4-2)10-14-18-15(19-22-14)11-6-5-7-12(16)8-11/h5-8H,3-4,9-10H2,1-2H3,(H,17,21)/p+1. The number of carbonyl (C=O) groups excluding carboxylic acids is 1. The predicted octanol–water partition coefficient (Wildman–Crippen LogP) is 1.04. The molecule has 2 aromatic rings. The van der Waals surface area contributed by atoms with E-state index in [4.69, 9.17) is 4.52 Å². The Morgan fingerprint density at radius 3 is 2.91 bits per heavy atom. The molecule has 0 aliphatic rings. The van der Waals surface area contributed by atoms with Gasteiger partial charge in [-0.25, -0.2) is 0 Å². The van der Waals surface area contributed by atoms with Gasteiger partial charge in [0.2, 0.25) is 5.82 Å². The van der Waals surface area contributed by atoms with E-state index >= 15 is 0 Å². The van der Waals surface area contributed by atoms with Gasteiger partial charge in [-0.1, -0.05) is 33.2 Å². The van der Waals surface area contributed by atoms with Crippen LogP contribution >= 0.6 is 15.9 Å². The Hall–Kier alpha value is -1.73. The minimum Gasteiger partial charge on any atom is -0.351 e. The van der Waals surface area contributed by atoms with E-state index in [0.717, 1.165) is 21.5 Å². The lowest BCUT2D eigenvalue weighted by molar-refractivity contribution is -0.905. The molecule has 1 atom stereocenters. The van der Waals surface area contributed by atoms with Gasteiger partial charge in [0, 0.05) is 16.6 Å². The first kappa shape index (κ1) is 16.6. The number of rotatable bonds is 7. The van der Waals surface area contributed by atoms with Gasteiger partial charge >= 0.3 is 0 Å². The third-order valence-corrected chi connectivity index (χ3v) is 3.73. The molecule has 0 saturated heterocycles. The minimum atomic E-state index is 0.0334. The van der Waals surface area contributed by atoms with Gasteiger partial charge in [-0.15, -0.1) is 0 Å². The smallest absolute Gasteiger partial charge is 0.282 e. The van der Waals surface area contributed by atoms with Crippen molar-refractivity contribution < 1.29 is 14.2 Å². The maximum Gasteiger partial charge on any atom is 0.282 e. The van der Waals surface area contributed by atoms with Crippen LogP contribution in [0, 0.1) is 0 Å². The number of hydrogen-bond donors (Lipinski definition) is 2. The quantitative estimate of drug-likeness (QED) is 0.766. The second-order valence-electron chi connectivity index (χ2n) is 4.93. The number of quaternary nitrogens is 1. The van der Waals surface area contributed by atoms with Gasteiger partial charge in [-0.2, -0.15) is 4.98 Å². The summed E-state index contributed by atoms with van der Waals surface area (Å²) >= 11 is 3.42. The van der Waals surface area contributed by atoms with E-state index in [1.807, 2.05) is 38.1 Å². The van der Waals surface area contributed by atoms with Crippen LogP contribution in [0.2, 0.25) is 0 Å². The van der Waals surface area contributed by atoms with Crippen LogP contribution in [0.15, 0.2) is 33.3 Å². The average Bonchev–Trinajstić information content (AvgIpc) is 2.95. The molecule has 1 aromatic carbocycles. The third-order valence-electron chi connectivity index (χ3n) is 3.24. The zero-order valence-electron chi connectivity index (χ0n) is 12.7. The molecule has 2 N–H and O–H groups in total. The highest BCUT2D eigenvalue weighted by molar-refractivity contribution is 9.10. The normalized spacial score (nSPS) is 12.1. The van der Waals surface area contributed by atoms with E-state index < -0.39 is 0 Å². The predicted molar refractivity (Wildman–Crippen MR) is 86.2 cm³/mol. The van der Waals surface area contributed by atoms with Crippen LogP contribution in [-0.4, -0.2) is 35.7 Å². The zero-order valence-corrected chi connectivity index (χ0v) is 14.3. The Morgan fingerprint density at radius 2 is 2.23 bits per heavy atom. The number of hydrogen-bond acceptors (Lipinski definition) is 4. The monoisotopic (exact) mass is 367 g/mol. The molecule has 1 amide bonds. The SMILES string of the molecule is CCNC(=O)C[NH+](CC)Cc1nc(-c2cccc(Br)c2)no1. The Balaban J connectivity index is 2.03. The Kier molecular flexibility index (Phi) is 6.09. The van der Waals surface area contributed by atoms with Crippen molar-refractivity contribution in [3.05, 3.63) is 34.6 Å².